The molecule has 1 amide bonds. The summed E-state index contributed by atoms with van der Waals surface area (Å²) in [5.74, 6) is -0.396. The van der Waals surface area contributed by atoms with Gasteiger partial charge in [-0.3, -0.25) is 9.48 Å². The molecule has 2 aromatic carbocycles. The van der Waals surface area contributed by atoms with E-state index in [2.05, 4.69) is 5.32 Å². The van der Waals surface area contributed by atoms with Crippen LogP contribution in [0.5, 0.6) is 0 Å². The van der Waals surface area contributed by atoms with Gasteiger partial charge in [-0.25, -0.2) is 0 Å². The molecule has 4 rings (SSSR count). The predicted octanol–water partition coefficient (Wildman–Crippen LogP) is 3.80. The highest BCUT2D eigenvalue weighted by Gasteiger charge is 2.18. The molecule has 156 valence electrons. The van der Waals surface area contributed by atoms with E-state index in [-0.39, 0.29) is 11.7 Å². The van der Waals surface area contributed by atoms with E-state index in [0.717, 1.165) is 41.8 Å². The zero-order valence-corrected chi connectivity index (χ0v) is 17.2. The quantitative estimate of drug-likeness (QED) is 0.473. The van der Waals surface area contributed by atoms with Crippen LogP contribution < -0.4 is 5.32 Å². The molecule has 0 spiro atoms. The summed E-state index contributed by atoms with van der Waals surface area (Å²) in [4.78, 5) is 12.6. The molecule has 6 heteroatoms. The van der Waals surface area contributed by atoms with Crippen LogP contribution in [0.4, 0.5) is 0 Å². The number of aromatic nitrogens is 2. The highest BCUT2D eigenvalue weighted by Crippen LogP contribution is 2.24. The van der Waals surface area contributed by atoms with Crippen LogP contribution in [0.2, 0.25) is 0 Å². The van der Waals surface area contributed by atoms with Gasteiger partial charge in [0.15, 0.2) is 0 Å². The SMILES string of the molecule is N#C/C(=C\c1cn(Cc2ccccc2)nc1-c1ccccc1)C(=O)NCC1CCCO1. The van der Waals surface area contributed by atoms with Crippen LogP contribution in [-0.4, -0.2) is 34.9 Å². The molecule has 3 aromatic rings. The van der Waals surface area contributed by atoms with Crippen molar-refractivity contribution in [3.05, 3.63) is 83.6 Å². The van der Waals surface area contributed by atoms with Gasteiger partial charge < -0.3 is 10.1 Å². The fourth-order valence-electron chi connectivity index (χ4n) is 3.63. The molecule has 1 fully saturated rings. The van der Waals surface area contributed by atoms with E-state index in [1.807, 2.05) is 77.6 Å². The van der Waals surface area contributed by atoms with Gasteiger partial charge in [-0.2, -0.15) is 10.4 Å². The number of nitriles is 1. The lowest BCUT2D eigenvalue weighted by Crippen LogP contribution is -2.32. The van der Waals surface area contributed by atoms with E-state index in [4.69, 9.17) is 9.84 Å². The number of hydrogen-bond acceptors (Lipinski definition) is 4. The summed E-state index contributed by atoms with van der Waals surface area (Å²) in [5.41, 5.74) is 3.56. The van der Waals surface area contributed by atoms with Gasteiger partial charge in [0.05, 0.1) is 18.3 Å². The number of nitrogens with one attached hydrogen (secondary N) is 1. The highest BCUT2D eigenvalue weighted by atomic mass is 16.5. The lowest BCUT2D eigenvalue weighted by Gasteiger charge is -2.10. The zero-order valence-electron chi connectivity index (χ0n) is 17.2. The Balaban J connectivity index is 1.61. The van der Waals surface area contributed by atoms with Crippen molar-refractivity contribution in [2.75, 3.05) is 13.2 Å². The molecule has 1 aliphatic rings. The molecule has 31 heavy (non-hydrogen) atoms. The molecule has 0 radical (unpaired) electrons. The minimum Gasteiger partial charge on any atom is -0.376 e. The minimum absolute atomic E-state index is 0.0254. The Morgan fingerprint density at radius 1 is 1.19 bits per heavy atom. The van der Waals surface area contributed by atoms with E-state index >= 15 is 0 Å². The summed E-state index contributed by atoms with van der Waals surface area (Å²) < 4.78 is 7.38. The summed E-state index contributed by atoms with van der Waals surface area (Å²) in [6, 6.07) is 21.8. The predicted molar refractivity (Wildman–Crippen MR) is 119 cm³/mol. The minimum atomic E-state index is -0.396. The number of hydrogen-bond donors (Lipinski definition) is 1. The molecule has 0 aliphatic carbocycles. The Morgan fingerprint density at radius 3 is 2.61 bits per heavy atom. The molecule has 6 nitrogen and oxygen atoms in total. The third kappa shape index (κ3) is 5.27. The van der Waals surface area contributed by atoms with Crippen molar-refractivity contribution in [1.29, 1.82) is 5.26 Å². The molecular formula is C25H24N4O2. The van der Waals surface area contributed by atoms with Gasteiger partial charge >= 0.3 is 0 Å². The maximum absolute atomic E-state index is 12.6. The Hall–Kier alpha value is -3.69. The first kappa shape index (κ1) is 20.6. The number of nitrogens with zero attached hydrogens (tertiary/aromatic N) is 3. The van der Waals surface area contributed by atoms with Gasteiger partial charge in [0.2, 0.25) is 0 Å². The summed E-state index contributed by atoms with van der Waals surface area (Å²) in [6.45, 7) is 1.74. The lowest BCUT2D eigenvalue weighted by molar-refractivity contribution is -0.117. The Morgan fingerprint density at radius 2 is 1.94 bits per heavy atom. The fourth-order valence-corrected chi connectivity index (χ4v) is 3.63. The first-order chi connectivity index (χ1) is 15.2. The van der Waals surface area contributed by atoms with Gasteiger partial charge in [-0.1, -0.05) is 60.7 Å². The molecule has 1 aromatic heterocycles. The number of carbonyl (C=O) groups is 1. The van der Waals surface area contributed by atoms with Crippen molar-refractivity contribution in [1.82, 2.24) is 15.1 Å². The van der Waals surface area contributed by atoms with Crippen molar-refractivity contribution in [2.24, 2.45) is 0 Å². The molecule has 2 heterocycles. The second-order valence-corrected chi connectivity index (χ2v) is 7.50. The van der Waals surface area contributed by atoms with Gasteiger partial charge in [-0.05, 0) is 24.5 Å². The zero-order chi connectivity index (χ0) is 21.5. The average Bonchev–Trinajstić information content (AvgIpc) is 3.47. The molecule has 0 saturated carbocycles. The molecule has 0 bridgehead atoms. The van der Waals surface area contributed by atoms with Crippen molar-refractivity contribution >= 4 is 12.0 Å². The number of amides is 1. The largest absolute Gasteiger partial charge is 0.376 e. The van der Waals surface area contributed by atoms with E-state index in [1.54, 1.807) is 6.08 Å². The van der Waals surface area contributed by atoms with Crippen LogP contribution in [0.15, 0.2) is 72.4 Å². The molecule has 1 N–H and O–H groups in total. The first-order valence-electron chi connectivity index (χ1n) is 10.4. The first-order valence-corrected chi connectivity index (χ1v) is 10.4. The second-order valence-electron chi connectivity index (χ2n) is 7.50. The third-order valence-corrected chi connectivity index (χ3v) is 5.20. The van der Waals surface area contributed by atoms with Gasteiger partial charge in [-0.15, -0.1) is 0 Å². The summed E-state index contributed by atoms with van der Waals surface area (Å²) >= 11 is 0. The molecule has 1 unspecified atom stereocenters. The van der Waals surface area contributed by atoms with Gasteiger partial charge in [0.25, 0.3) is 5.91 Å². The summed E-state index contributed by atoms with van der Waals surface area (Å²) in [5, 5.41) is 17.2. The van der Waals surface area contributed by atoms with Gasteiger partial charge in [0.1, 0.15) is 11.6 Å². The Labute approximate surface area is 181 Å². The maximum Gasteiger partial charge on any atom is 0.262 e. The van der Waals surface area contributed by atoms with Crippen LogP contribution in [0, 0.1) is 11.3 Å². The number of carbonyl (C=O) groups excluding carboxylic acids is 1. The fraction of sp³-hybridized carbons (Fsp3) is 0.240. The van der Waals surface area contributed by atoms with Crippen LogP contribution >= 0.6 is 0 Å². The van der Waals surface area contributed by atoms with Crippen LogP contribution in [0.1, 0.15) is 24.0 Å². The van der Waals surface area contributed by atoms with E-state index < -0.39 is 5.91 Å². The summed E-state index contributed by atoms with van der Waals surface area (Å²) in [7, 11) is 0. The number of rotatable bonds is 7. The molecule has 1 atom stereocenters. The Bertz CT molecular complexity index is 1090. The normalized spacial score (nSPS) is 16.1. The van der Waals surface area contributed by atoms with Crippen LogP contribution in [0.25, 0.3) is 17.3 Å². The van der Waals surface area contributed by atoms with Crippen molar-refractivity contribution < 1.29 is 9.53 Å². The number of benzene rings is 2. The van der Waals surface area contributed by atoms with Crippen molar-refractivity contribution in [3.8, 4) is 17.3 Å². The topological polar surface area (TPSA) is 79.9 Å². The van der Waals surface area contributed by atoms with E-state index in [9.17, 15) is 10.1 Å². The molecular weight excluding hydrogens is 388 g/mol. The van der Waals surface area contributed by atoms with Crippen molar-refractivity contribution in [3.63, 3.8) is 0 Å². The monoisotopic (exact) mass is 412 g/mol. The average molecular weight is 412 g/mol. The van der Waals surface area contributed by atoms with Crippen LogP contribution in [0.3, 0.4) is 0 Å². The molecule has 1 aliphatic heterocycles. The lowest BCUT2D eigenvalue weighted by atomic mass is 10.1. The summed E-state index contributed by atoms with van der Waals surface area (Å²) in [6.07, 6.45) is 5.44. The van der Waals surface area contributed by atoms with Gasteiger partial charge in [0, 0.05) is 30.5 Å². The number of ether oxygens (including phenoxy) is 1. The van der Waals surface area contributed by atoms with Crippen molar-refractivity contribution in [2.45, 2.75) is 25.5 Å². The maximum atomic E-state index is 12.6. The standard InChI is InChI=1S/C25H24N4O2/c26-15-21(25(30)27-16-23-12-7-13-31-23)14-22-18-29(17-19-8-3-1-4-9-19)28-24(22)20-10-5-2-6-11-20/h1-6,8-11,14,18,23H,7,12-13,16-17H2,(H,27,30)/b21-14+. The Kier molecular flexibility index (Phi) is 6.56. The van der Waals surface area contributed by atoms with Crippen LogP contribution in [-0.2, 0) is 16.1 Å². The third-order valence-electron chi connectivity index (χ3n) is 5.20. The highest BCUT2D eigenvalue weighted by molar-refractivity contribution is 6.02. The smallest absolute Gasteiger partial charge is 0.262 e. The second kappa shape index (κ2) is 9.88. The van der Waals surface area contributed by atoms with E-state index in [1.165, 1.54) is 0 Å². The molecule has 1 saturated heterocycles. The van der Waals surface area contributed by atoms with E-state index in [0.29, 0.717) is 13.1 Å².